The Morgan fingerprint density at radius 1 is 1.53 bits per heavy atom. The number of carbonyl (C=O) groups is 2. The van der Waals surface area contributed by atoms with Crippen LogP contribution >= 0.6 is 0 Å². The highest BCUT2D eigenvalue weighted by atomic mass is 16.5. The highest BCUT2D eigenvalue weighted by molar-refractivity contribution is 5.88. The Hall–Kier alpha value is -2.15. The number of carboxylic acids is 1. The Balaban J connectivity index is 2.10. The van der Waals surface area contributed by atoms with Crippen LogP contribution in [-0.4, -0.2) is 48.4 Å². The first kappa shape index (κ1) is 13.3. The summed E-state index contributed by atoms with van der Waals surface area (Å²) in [6.45, 7) is 0.495. The van der Waals surface area contributed by atoms with Crippen molar-refractivity contribution < 1.29 is 24.2 Å². The molecule has 7 nitrogen and oxygen atoms in total. The molecule has 1 fully saturated rings. The molecular formula is C12H14N2O5. The Morgan fingerprint density at radius 2 is 2.32 bits per heavy atom. The lowest BCUT2D eigenvalue weighted by Gasteiger charge is -2.17. The van der Waals surface area contributed by atoms with Crippen molar-refractivity contribution in [2.75, 3.05) is 25.6 Å². The summed E-state index contributed by atoms with van der Waals surface area (Å²) in [5, 5.41) is 12.1. The molecule has 0 aliphatic carbocycles. The fraction of sp³-hybridized carbons (Fsp3) is 0.417. The lowest BCUT2D eigenvalue weighted by Crippen LogP contribution is -2.33. The minimum atomic E-state index is -0.905. The van der Waals surface area contributed by atoms with E-state index in [2.05, 4.69) is 15.0 Å². The maximum absolute atomic E-state index is 11.3. The second-order valence-electron chi connectivity index (χ2n) is 4.15. The van der Waals surface area contributed by atoms with E-state index in [0.717, 1.165) is 0 Å². The van der Waals surface area contributed by atoms with E-state index in [4.69, 9.17) is 9.84 Å². The monoisotopic (exact) mass is 266 g/mol. The number of esters is 1. The number of aliphatic carboxylic acids is 1. The Labute approximate surface area is 109 Å². The molecule has 0 bridgehead atoms. The van der Waals surface area contributed by atoms with Crippen molar-refractivity contribution in [3.05, 3.63) is 24.0 Å². The molecule has 1 aromatic rings. The molecule has 1 aliphatic heterocycles. The van der Waals surface area contributed by atoms with Gasteiger partial charge >= 0.3 is 11.9 Å². The fourth-order valence-corrected chi connectivity index (χ4v) is 1.89. The SMILES string of the molecule is COC(=O)c1cc(NC2COCC2C(=O)O)ccn1. The molecular weight excluding hydrogens is 252 g/mol. The van der Waals surface area contributed by atoms with Crippen LogP contribution in [0.4, 0.5) is 5.69 Å². The number of nitrogens with zero attached hydrogens (tertiary/aromatic N) is 1. The first-order chi connectivity index (χ1) is 9.11. The van der Waals surface area contributed by atoms with Crippen molar-refractivity contribution in [3.63, 3.8) is 0 Å². The molecule has 7 heteroatoms. The largest absolute Gasteiger partial charge is 0.481 e. The maximum Gasteiger partial charge on any atom is 0.356 e. The third-order valence-electron chi connectivity index (χ3n) is 2.90. The van der Waals surface area contributed by atoms with Crippen LogP contribution in [0.5, 0.6) is 0 Å². The zero-order valence-corrected chi connectivity index (χ0v) is 10.3. The number of pyridine rings is 1. The zero-order chi connectivity index (χ0) is 13.8. The number of hydrogen-bond acceptors (Lipinski definition) is 6. The topological polar surface area (TPSA) is 97.8 Å². The standard InChI is InChI=1S/C12H14N2O5/c1-18-12(17)9-4-7(2-3-13-9)14-10-6-19-5-8(10)11(15)16/h2-4,8,10H,5-6H2,1H3,(H,13,14)(H,15,16). The van der Waals surface area contributed by atoms with Gasteiger partial charge in [0.1, 0.15) is 11.6 Å². The summed E-state index contributed by atoms with van der Waals surface area (Å²) < 4.78 is 9.72. The Morgan fingerprint density at radius 3 is 3.00 bits per heavy atom. The van der Waals surface area contributed by atoms with Crippen molar-refractivity contribution in [1.29, 1.82) is 0 Å². The number of hydrogen-bond donors (Lipinski definition) is 2. The molecule has 1 aliphatic rings. The van der Waals surface area contributed by atoms with Gasteiger partial charge in [0, 0.05) is 11.9 Å². The van der Waals surface area contributed by atoms with Crippen LogP contribution in [0.3, 0.4) is 0 Å². The normalized spacial score (nSPS) is 21.9. The Kier molecular flexibility index (Phi) is 3.96. The molecule has 2 rings (SSSR count). The van der Waals surface area contributed by atoms with Crippen LogP contribution in [-0.2, 0) is 14.3 Å². The fourth-order valence-electron chi connectivity index (χ4n) is 1.89. The van der Waals surface area contributed by atoms with Gasteiger partial charge in [0.05, 0.1) is 26.4 Å². The maximum atomic E-state index is 11.3. The van der Waals surface area contributed by atoms with E-state index in [-0.39, 0.29) is 18.3 Å². The van der Waals surface area contributed by atoms with E-state index in [0.29, 0.717) is 12.3 Å². The van der Waals surface area contributed by atoms with Gasteiger partial charge < -0.3 is 19.9 Å². The molecule has 1 aromatic heterocycles. The molecule has 0 radical (unpaired) electrons. The quantitative estimate of drug-likeness (QED) is 0.760. The molecule has 0 aromatic carbocycles. The number of methoxy groups -OCH3 is 1. The van der Waals surface area contributed by atoms with Gasteiger partial charge in [-0.1, -0.05) is 0 Å². The third kappa shape index (κ3) is 3.00. The van der Waals surface area contributed by atoms with Gasteiger partial charge in [-0.15, -0.1) is 0 Å². The lowest BCUT2D eigenvalue weighted by molar-refractivity contribution is -0.141. The Bertz CT molecular complexity index is 491. The van der Waals surface area contributed by atoms with E-state index < -0.39 is 17.9 Å². The van der Waals surface area contributed by atoms with E-state index >= 15 is 0 Å². The van der Waals surface area contributed by atoms with Crippen LogP contribution in [0.1, 0.15) is 10.5 Å². The summed E-state index contributed by atoms with van der Waals surface area (Å²) in [6.07, 6.45) is 1.46. The number of nitrogens with one attached hydrogen (secondary N) is 1. The summed E-state index contributed by atoms with van der Waals surface area (Å²) in [6, 6.07) is 2.85. The number of ether oxygens (including phenoxy) is 2. The highest BCUT2D eigenvalue weighted by Crippen LogP contribution is 2.19. The van der Waals surface area contributed by atoms with Crippen LogP contribution in [0, 0.1) is 5.92 Å². The van der Waals surface area contributed by atoms with E-state index in [1.54, 1.807) is 6.07 Å². The molecule has 0 spiro atoms. The first-order valence-corrected chi connectivity index (χ1v) is 5.73. The molecule has 2 unspecified atom stereocenters. The van der Waals surface area contributed by atoms with Gasteiger partial charge in [0.2, 0.25) is 0 Å². The molecule has 102 valence electrons. The van der Waals surface area contributed by atoms with E-state index in [1.165, 1.54) is 19.4 Å². The minimum absolute atomic E-state index is 0.165. The predicted octanol–water partition coefficient (Wildman–Crippen LogP) is 0.380. The van der Waals surface area contributed by atoms with Crippen LogP contribution in [0.15, 0.2) is 18.3 Å². The number of carbonyl (C=O) groups excluding carboxylic acids is 1. The smallest absolute Gasteiger partial charge is 0.356 e. The molecule has 0 saturated carbocycles. The lowest BCUT2D eigenvalue weighted by atomic mass is 10.0. The van der Waals surface area contributed by atoms with Crippen LogP contribution < -0.4 is 5.32 Å². The van der Waals surface area contributed by atoms with Crippen molar-refractivity contribution in [3.8, 4) is 0 Å². The third-order valence-corrected chi connectivity index (χ3v) is 2.90. The van der Waals surface area contributed by atoms with Crippen molar-refractivity contribution >= 4 is 17.6 Å². The minimum Gasteiger partial charge on any atom is -0.481 e. The molecule has 19 heavy (non-hydrogen) atoms. The zero-order valence-electron chi connectivity index (χ0n) is 10.3. The number of rotatable bonds is 4. The number of carboxylic acid groups (broad SMARTS) is 1. The second-order valence-corrected chi connectivity index (χ2v) is 4.15. The van der Waals surface area contributed by atoms with Crippen LogP contribution in [0.25, 0.3) is 0 Å². The highest BCUT2D eigenvalue weighted by Gasteiger charge is 2.34. The summed E-state index contributed by atoms with van der Waals surface area (Å²) in [4.78, 5) is 26.2. The van der Waals surface area contributed by atoms with Gasteiger partial charge in [0.25, 0.3) is 0 Å². The van der Waals surface area contributed by atoms with E-state index in [9.17, 15) is 9.59 Å². The van der Waals surface area contributed by atoms with Gasteiger partial charge in [-0.3, -0.25) is 4.79 Å². The number of aromatic nitrogens is 1. The van der Waals surface area contributed by atoms with Gasteiger partial charge in [-0.25, -0.2) is 9.78 Å². The summed E-state index contributed by atoms with van der Waals surface area (Å²) >= 11 is 0. The van der Waals surface area contributed by atoms with Gasteiger partial charge in [-0.2, -0.15) is 0 Å². The molecule has 2 heterocycles. The average Bonchev–Trinajstić information content (AvgIpc) is 2.86. The van der Waals surface area contributed by atoms with Crippen molar-refractivity contribution in [1.82, 2.24) is 4.98 Å². The average molecular weight is 266 g/mol. The molecule has 0 amide bonds. The van der Waals surface area contributed by atoms with E-state index in [1.807, 2.05) is 0 Å². The predicted molar refractivity (Wildman–Crippen MR) is 64.9 cm³/mol. The number of anilines is 1. The van der Waals surface area contributed by atoms with Crippen LogP contribution in [0.2, 0.25) is 0 Å². The van der Waals surface area contributed by atoms with Crippen molar-refractivity contribution in [2.45, 2.75) is 6.04 Å². The molecule has 2 N–H and O–H groups in total. The molecule has 2 atom stereocenters. The van der Waals surface area contributed by atoms with Gasteiger partial charge in [0.15, 0.2) is 0 Å². The van der Waals surface area contributed by atoms with Crippen molar-refractivity contribution in [2.24, 2.45) is 5.92 Å². The summed E-state index contributed by atoms with van der Waals surface area (Å²) in [5.41, 5.74) is 0.774. The van der Waals surface area contributed by atoms with Gasteiger partial charge in [-0.05, 0) is 12.1 Å². The second kappa shape index (κ2) is 5.66. The summed E-state index contributed by atoms with van der Waals surface area (Å²) in [7, 11) is 1.27. The summed E-state index contributed by atoms with van der Waals surface area (Å²) in [5.74, 6) is -2.05. The first-order valence-electron chi connectivity index (χ1n) is 5.73. The molecule has 1 saturated heterocycles.